The maximum absolute atomic E-state index is 13.8. The number of carbonyl (C=O) groups excluding carboxylic acids is 1. The summed E-state index contributed by atoms with van der Waals surface area (Å²) in [6, 6.07) is 5.02. The molecule has 2 atom stereocenters. The summed E-state index contributed by atoms with van der Waals surface area (Å²) in [5.41, 5.74) is 1.53. The van der Waals surface area contributed by atoms with E-state index in [1.54, 1.807) is 6.07 Å². The molecule has 1 aliphatic carbocycles. The summed E-state index contributed by atoms with van der Waals surface area (Å²) in [5, 5.41) is 0. The molecule has 0 saturated heterocycles. The molecular weight excluding hydrogens is 446 g/mol. The van der Waals surface area contributed by atoms with Crippen molar-refractivity contribution in [2.75, 3.05) is 33.9 Å². The van der Waals surface area contributed by atoms with E-state index >= 15 is 0 Å². The van der Waals surface area contributed by atoms with Crippen molar-refractivity contribution in [3.05, 3.63) is 42.1 Å². The van der Waals surface area contributed by atoms with Gasteiger partial charge in [-0.3, -0.25) is 0 Å². The average molecular weight is 481 g/mol. The predicted octanol–water partition coefficient (Wildman–Crippen LogP) is 4.37. The van der Waals surface area contributed by atoms with Crippen LogP contribution in [-0.4, -0.2) is 50.3 Å². The summed E-state index contributed by atoms with van der Waals surface area (Å²) in [6.45, 7) is 9.95. The Morgan fingerprint density at radius 3 is 2.72 bits per heavy atom. The number of aryl methyl sites for hydroxylation is 1. The number of hydrogen-bond donors (Lipinski definition) is 0. The number of carbonyl (C=O) groups is 1. The Bertz CT molecular complexity index is 655. The number of fused-ring (bicyclic) bond motifs is 1. The van der Waals surface area contributed by atoms with Crippen LogP contribution in [0.15, 0.2) is 18.2 Å². The number of nitrogens with zero attached hydrogens (tertiary/aromatic N) is 1. The molecule has 1 aliphatic rings. The second kappa shape index (κ2) is 12.5. The van der Waals surface area contributed by atoms with Crippen molar-refractivity contribution in [3.8, 4) is 0 Å². The largest absolute Gasteiger partial charge is 0.457 e. The molecule has 4 nitrogen and oxygen atoms in total. The molecule has 0 amide bonds. The van der Waals surface area contributed by atoms with E-state index in [-0.39, 0.29) is 62.9 Å². The van der Waals surface area contributed by atoms with E-state index in [1.807, 2.05) is 6.07 Å². The Morgan fingerprint density at radius 1 is 1.38 bits per heavy atom. The van der Waals surface area contributed by atoms with Crippen LogP contribution in [0.2, 0.25) is 0 Å². The van der Waals surface area contributed by atoms with Crippen LogP contribution in [0.1, 0.15) is 56.6 Å². The molecule has 0 fully saturated rings. The fourth-order valence-corrected chi connectivity index (χ4v) is 4.54. The zero-order chi connectivity index (χ0) is 20.7. The molecule has 2 unspecified atom stereocenters. The smallest absolute Gasteiger partial charge is 0.332 e. The number of rotatable bonds is 10. The number of esters is 1. The van der Waals surface area contributed by atoms with Gasteiger partial charge in [0.25, 0.3) is 0 Å². The van der Waals surface area contributed by atoms with Crippen molar-refractivity contribution in [2.24, 2.45) is 5.92 Å². The SMILES string of the molecule is [CH2-]CCCN(C)CCC1(OC(=O)COC)CCc2cc(F)ccc2C1C(C)C.[Y]. The van der Waals surface area contributed by atoms with Gasteiger partial charge in [-0.15, -0.1) is 0 Å². The van der Waals surface area contributed by atoms with Gasteiger partial charge in [0.2, 0.25) is 0 Å². The van der Waals surface area contributed by atoms with Crippen molar-refractivity contribution in [2.45, 2.75) is 57.5 Å². The maximum atomic E-state index is 13.8. The number of benzene rings is 1. The van der Waals surface area contributed by atoms with Crippen molar-refractivity contribution in [3.63, 3.8) is 0 Å². The Hall–Kier alpha value is -0.356. The number of hydrogen-bond acceptors (Lipinski definition) is 4. The number of ether oxygens (including phenoxy) is 2. The molecule has 0 aliphatic heterocycles. The summed E-state index contributed by atoms with van der Waals surface area (Å²) in [4.78, 5) is 14.7. The summed E-state index contributed by atoms with van der Waals surface area (Å²) in [6.07, 6.45) is 4.11. The third-order valence-electron chi connectivity index (χ3n) is 5.78. The van der Waals surface area contributed by atoms with E-state index < -0.39 is 5.60 Å². The fourth-order valence-electron chi connectivity index (χ4n) is 4.54. The van der Waals surface area contributed by atoms with E-state index in [1.165, 1.54) is 13.2 Å². The first kappa shape index (κ1) is 26.7. The standard InChI is InChI=1S/C23H35FNO3.Y/c1-6-7-13-25(4)14-12-23(28-21(26)16-27-5)11-10-18-15-19(24)8-9-20(18)22(23)17(2)3;/h8-9,15,17,22H,1,6-7,10-14,16H2,2-5H3;/q-1;. The Morgan fingerprint density at radius 2 is 2.10 bits per heavy atom. The number of methoxy groups -OCH3 is 1. The van der Waals surface area contributed by atoms with Crippen LogP contribution in [0, 0.1) is 18.7 Å². The van der Waals surface area contributed by atoms with E-state index in [2.05, 4.69) is 32.7 Å². The fraction of sp³-hybridized carbons (Fsp3) is 0.652. The predicted molar refractivity (Wildman–Crippen MR) is 110 cm³/mol. The van der Waals surface area contributed by atoms with Gasteiger partial charge >= 0.3 is 5.97 Å². The van der Waals surface area contributed by atoms with Crippen LogP contribution in [0.4, 0.5) is 4.39 Å². The van der Waals surface area contributed by atoms with Gasteiger partial charge < -0.3 is 21.3 Å². The molecule has 0 saturated carbocycles. The summed E-state index contributed by atoms with van der Waals surface area (Å²) in [5.74, 6) is -0.263. The molecule has 161 valence electrons. The van der Waals surface area contributed by atoms with Crippen molar-refractivity contribution >= 4 is 5.97 Å². The second-order valence-corrected chi connectivity index (χ2v) is 8.30. The zero-order valence-corrected chi connectivity index (χ0v) is 21.2. The van der Waals surface area contributed by atoms with Crippen LogP contribution < -0.4 is 0 Å². The molecule has 1 aromatic carbocycles. The molecule has 0 heterocycles. The van der Waals surface area contributed by atoms with Crippen molar-refractivity contribution in [1.29, 1.82) is 0 Å². The van der Waals surface area contributed by atoms with Gasteiger partial charge in [0.1, 0.15) is 18.0 Å². The molecule has 2 rings (SSSR count). The van der Waals surface area contributed by atoms with Gasteiger partial charge in [-0.25, -0.2) is 9.18 Å². The number of unbranched alkanes of at least 4 members (excludes halogenated alkanes) is 1. The first-order chi connectivity index (χ1) is 13.3. The van der Waals surface area contributed by atoms with Crippen molar-refractivity contribution < 1.29 is 51.4 Å². The van der Waals surface area contributed by atoms with Crippen LogP contribution in [0.3, 0.4) is 0 Å². The molecule has 0 N–H and O–H groups in total. The van der Waals surface area contributed by atoms with Crippen molar-refractivity contribution in [1.82, 2.24) is 4.90 Å². The minimum absolute atomic E-state index is 0. The Balaban J connectivity index is 0.00000420. The first-order valence-corrected chi connectivity index (χ1v) is 10.3. The minimum atomic E-state index is -0.604. The van der Waals surface area contributed by atoms with E-state index in [0.29, 0.717) is 12.8 Å². The Kier molecular flexibility index (Phi) is 11.5. The first-order valence-electron chi connectivity index (χ1n) is 10.3. The van der Waals surface area contributed by atoms with Gasteiger partial charge in [0.15, 0.2) is 0 Å². The van der Waals surface area contributed by atoms with E-state index in [0.717, 1.165) is 43.5 Å². The maximum Gasteiger partial charge on any atom is 0.332 e. The minimum Gasteiger partial charge on any atom is -0.457 e. The summed E-state index contributed by atoms with van der Waals surface area (Å²) >= 11 is 0. The quantitative estimate of drug-likeness (QED) is 0.368. The second-order valence-electron chi connectivity index (χ2n) is 8.30. The van der Waals surface area contributed by atoms with E-state index in [9.17, 15) is 9.18 Å². The summed E-state index contributed by atoms with van der Waals surface area (Å²) < 4.78 is 24.9. The summed E-state index contributed by atoms with van der Waals surface area (Å²) in [7, 11) is 3.59. The van der Waals surface area contributed by atoms with E-state index in [4.69, 9.17) is 9.47 Å². The third-order valence-corrected chi connectivity index (χ3v) is 5.78. The Labute approximate surface area is 200 Å². The molecule has 6 heteroatoms. The van der Waals surface area contributed by atoms with Crippen LogP contribution >= 0.6 is 0 Å². The molecule has 29 heavy (non-hydrogen) atoms. The molecule has 1 aromatic rings. The number of halogens is 1. The van der Waals surface area contributed by atoms with Gasteiger partial charge in [-0.2, -0.15) is 6.42 Å². The molecule has 0 bridgehead atoms. The third kappa shape index (κ3) is 7.09. The normalized spacial score (nSPS) is 21.0. The van der Waals surface area contributed by atoms with Crippen LogP contribution in [0.5, 0.6) is 0 Å². The zero-order valence-electron chi connectivity index (χ0n) is 18.4. The monoisotopic (exact) mass is 481 g/mol. The van der Waals surface area contributed by atoms with Gasteiger partial charge in [0.05, 0.1) is 0 Å². The molecule has 0 aromatic heterocycles. The topological polar surface area (TPSA) is 38.8 Å². The molecular formula is C23H35FNO3Y-. The van der Waals surface area contributed by atoms with Gasteiger partial charge in [-0.1, -0.05) is 26.3 Å². The molecule has 0 spiro atoms. The molecule has 1 radical (unpaired) electrons. The van der Waals surface area contributed by atoms with Gasteiger partial charge in [0, 0.05) is 58.7 Å². The van der Waals surface area contributed by atoms with Crippen LogP contribution in [-0.2, 0) is 53.4 Å². The average Bonchev–Trinajstić information content (AvgIpc) is 2.64. The van der Waals surface area contributed by atoms with Crippen LogP contribution in [0.25, 0.3) is 0 Å². The van der Waals surface area contributed by atoms with Gasteiger partial charge in [-0.05, 0) is 55.6 Å².